The van der Waals surface area contributed by atoms with Crippen LogP contribution < -0.4 is 4.74 Å². The molecule has 152 valence electrons. The van der Waals surface area contributed by atoms with Crippen molar-refractivity contribution in [1.29, 1.82) is 0 Å². The molecule has 0 amide bonds. The van der Waals surface area contributed by atoms with Gasteiger partial charge in [-0.25, -0.2) is 4.98 Å². The maximum absolute atomic E-state index is 12.7. The number of rotatable bonds is 7. The Morgan fingerprint density at radius 3 is 2.55 bits per heavy atom. The van der Waals surface area contributed by atoms with E-state index in [1.807, 2.05) is 13.0 Å². The summed E-state index contributed by atoms with van der Waals surface area (Å²) in [5.41, 5.74) is 1.55. The molecule has 3 aromatic rings. The first-order valence-corrected chi connectivity index (χ1v) is 9.61. The molecule has 0 radical (unpaired) electrons. The maximum Gasteiger partial charge on any atom is 0.416 e. The zero-order chi connectivity index (χ0) is 21.0. The number of benzene rings is 2. The monoisotopic (exact) mass is 421 g/mol. The summed E-state index contributed by atoms with van der Waals surface area (Å²) < 4.78 is 43.9. The largest absolute Gasteiger partial charge is 0.488 e. The van der Waals surface area contributed by atoms with Gasteiger partial charge in [0.2, 0.25) is 0 Å². The van der Waals surface area contributed by atoms with Crippen molar-refractivity contribution in [3.05, 3.63) is 70.2 Å². The van der Waals surface area contributed by atoms with E-state index in [0.29, 0.717) is 22.7 Å². The van der Waals surface area contributed by atoms with Crippen molar-refractivity contribution in [3.8, 4) is 16.3 Å². The third kappa shape index (κ3) is 5.57. The van der Waals surface area contributed by atoms with E-state index in [-0.39, 0.29) is 13.0 Å². The third-order valence-electron chi connectivity index (χ3n) is 4.25. The number of hydrogen-bond donors (Lipinski definition) is 1. The fourth-order valence-electron chi connectivity index (χ4n) is 2.68. The van der Waals surface area contributed by atoms with E-state index >= 15 is 0 Å². The van der Waals surface area contributed by atoms with E-state index < -0.39 is 17.7 Å². The number of hydrogen-bond acceptors (Lipinski definition) is 4. The van der Waals surface area contributed by atoms with Crippen molar-refractivity contribution in [2.75, 3.05) is 0 Å². The zero-order valence-corrected chi connectivity index (χ0v) is 16.3. The number of thiazole rings is 1. The summed E-state index contributed by atoms with van der Waals surface area (Å²) in [6.45, 7) is 2.10. The first kappa shape index (κ1) is 20.9. The number of carboxylic acid groups (broad SMARTS) is 1. The van der Waals surface area contributed by atoms with Gasteiger partial charge in [-0.1, -0.05) is 24.3 Å². The van der Waals surface area contributed by atoms with Crippen LogP contribution in [0.5, 0.6) is 5.75 Å². The standard InChI is InChI=1S/C21H18F3NO3S/c1-13-18(12-28-17-4-2-3-14(11-17)5-10-19(26)27)29-20(25-13)15-6-8-16(9-7-15)21(22,23)24/h2-4,6-9,11H,5,10,12H2,1H3,(H,26,27). The molecular weight excluding hydrogens is 403 g/mol. The summed E-state index contributed by atoms with van der Waals surface area (Å²) in [5.74, 6) is -0.232. The van der Waals surface area contributed by atoms with Crippen LogP contribution in [0.15, 0.2) is 48.5 Å². The fraction of sp³-hybridized carbons (Fsp3) is 0.238. The summed E-state index contributed by atoms with van der Waals surface area (Å²) in [4.78, 5) is 16.0. The van der Waals surface area contributed by atoms with Gasteiger partial charge in [0.15, 0.2) is 0 Å². The molecular formula is C21H18F3NO3S. The molecule has 0 saturated carbocycles. The minimum absolute atomic E-state index is 0.0495. The first-order valence-electron chi connectivity index (χ1n) is 8.80. The molecule has 0 spiro atoms. The van der Waals surface area contributed by atoms with Gasteiger partial charge in [0.1, 0.15) is 17.4 Å². The normalized spacial score (nSPS) is 11.4. The second-order valence-electron chi connectivity index (χ2n) is 6.43. The molecule has 2 aromatic carbocycles. The minimum Gasteiger partial charge on any atom is -0.488 e. The van der Waals surface area contributed by atoms with Crippen LogP contribution in [0.4, 0.5) is 13.2 Å². The van der Waals surface area contributed by atoms with Crippen molar-refractivity contribution in [1.82, 2.24) is 4.98 Å². The fourth-order valence-corrected chi connectivity index (χ4v) is 3.66. The van der Waals surface area contributed by atoms with Gasteiger partial charge in [-0.2, -0.15) is 13.2 Å². The van der Waals surface area contributed by atoms with Gasteiger partial charge in [-0.3, -0.25) is 4.79 Å². The molecule has 0 unspecified atom stereocenters. The van der Waals surface area contributed by atoms with Crippen molar-refractivity contribution in [2.24, 2.45) is 0 Å². The Morgan fingerprint density at radius 2 is 1.90 bits per heavy atom. The van der Waals surface area contributed by atoms with Crippen LogP contribution in [-0.2, 0) is 24.0 Å². The van der Waals surface area contributed by atoms with Gasteiger partial charge in [0.25, 0.3) is 0 Å². The Labute approximate surface area is 169 Å². The van der Waals surface area contributed by atoms with Gasteiger partial charge >= 0.3 is 12.1 Å². The highest BCUT2D eigenvalue weighted by Crippen LogP contribution is 2.33. The second kappa shape index (κ2) is 8.65. The van der Waals surface area contributed by atoms with Crippen LogP contribution in [0, 0.1) is 6.92 Å². The quantitative estimate of drug-likeness (QED) is 0.529. The molecule has 8 heteroatoms. The maximum atomic E-state index is 12.7. The summed E-state index contributed by atoms with van der Waals surface area (Å²) in [6, 6.07) is 12.2. The number of halogens is 3. The molecule has 1 N–H and O–H groups in total. The summed E-state index contributed by atoms with van der Waals surface area (Å²) in [5, 5.41) is 9.42. The topological polar surface area (TPSA) is 59.4 Å². The molecule has 0 aliphatic rings. The van der Waals surface area contributed by atoms with Crippen LogP contribution in [0.2, 0.25) is 0 Å². The van der Waals surface area contributed by atoms with E-state index in [9.17, 15) is 18.0 Å². The van der Waals surface area contributed by atoms with E-state index in [1.54, 1.807) is 18.2 Å². The van der Waals surface area contributed by atoms with Crippen LogP contribution in [0.1, 0.15) is 28.1 Å². The average Bonchev–Trinajstić information content (AvgIpc) is 3.05. The molecule has 29 heavy (non-hydrogen) atoms. The predicted molar refractivity (Wildman–Crippen MR) is 104 cm³/mol. The highest BCUT2D eigenvalue weighted by molar-refractivity contribution is 7.15. The molecule has 4 nitrogen and oxygen atoms in total. The number of aliphatic carboxylic acids is 1. The SMILES string of the molecule is Cc1nc(-c2ccc(C(F)(F)F)cc2)sc1COc1cccc(CCC(=O)O)c1. The summed E-state index contributed by atoms with van der Waals surface area (Å²) in [7, 11) is 0. The highest BCUT2D eigenvalue weighted by atomic mass is 32.1. The Bertz CT molecular complexity index is 997. The van der Waals surface area contributed by atoms with Crippen molar-refractivity contribution < 1.29 is 27.8 Å². The van der Waals surface area contributed by atoms with E-state index in [0.717, 1.165) is 28.3 Å². The van der Waals surface area contributed by atoms with Gasteiger partial charge in [-0.05, 0) is 43.2 Å². The zero-order valence-electron chi connectivity index (χ0n) is 15.5. The van der Waals surface area contributed by atoms with E-state index in [4.69, 9.17) is 9.84 Å². The molecule has 0 bridgehead atoms. The molecule has 3 rings (SSSR count). The smallest absolute Gasteiger partial charge is 0.416 e. The Morgan fingerprint density at radius 1 is 1.17 bits per heavy atom. The molecule has 0 atom stereocenters. The van der Waals surface area contributed by atoms with Gasteiger partial charge in [-0.15, -0.1) is 11.3 Å². The van der Waals surface area contributed by atoms with Gasteiger partial charge in [0, 0.05) is 12.0 Å². The third-order valence-corrected chi connectivity index (χ3v) is 5.43. The molecule has 0 saturated heterocycles. The summed E-state index contributed by atoms with van der Waals surface area (Å²) in [6.07, 6.45) is -3.90. The van der Waals surface area contributed by atoms with E-state index in [2.05, 4.69) is 4.98 Å². The first-order chi connectivity index (χ1) is 13.7. The molecule has 1 aromatic heterocycles. The van der Waals surface area contributed by atoms with Crippen LogP contribution in [-0.4, -0.2) is 16.1 Å². The minimum atomic E-state index is -4.37. The lowest BCUT2D eigenvalue weighted by atomic mass is 10.1. The molecule has 0 aliphatic heterocycles. The summed E-state index contributed by atoms with van der Waals surface area (Å²) >= 11 is 1.37. The number of carbonyl (C=O) groups is 1. The molecule has 0 fully saturated rings. The number of aryl methyl sites for hydroxylation is 2. The number of carboxylic acids is 1. The van der Waals surface area contributed by atoms with Crippen LogP contribution in [0.25, 0.3) is 10.6 Å². The lowest BCUT2D eigenvalue weighted by Gasteiger charge is -2.07. The lowest BCUT2D eigenvalue weighted by Crippen LogP contribution is -2.03. The Balaban J connectivity index is 1.68. The van der Waals surface area contributed by atoms with Gasteiger partial charge < -0.3 is 9.84 Å². The second-order valence-corrected chi connectivity index (χ2v) is 7.52. The van der Waals surface area contributed by atoms with E-state index in [1.165, 1.54) is 23.5 Å². The Hall–Kier alpha value is -2.87. The lowest BCUT2D eigenvalue weighted by molar-refractivity contribution is -0.138. The number of alkyl halides is 3. The predicted octanol–water partition coefficient (Wildman–Crippen LogP) is 5.73. The average molecular weight is 421 g/mol. The van der Waals surface area contributed by atoms with Gasteiger partial charge in [0.05, 0.1) is 16.1 Å². The van der Waals surface area contributed by atoms with Crippen LogP contribution >= 0.6 is 11.3 Å². The number of nitrogens with zero attached hydrogens (tertiary/aromatic N) is 1. The van der Waals surface area contributed by atoms with Crippen molar-refractivity contribution in [3.63, 3.8) is 0 Å². The highest BCUT2D eigenvalue weighted by Gasteiger charge is 2.30. The number of aromatic nitrogens is 1. The van der Waals surface area contributed by atoms with Crippen molar-refractivity contribution in [2.45, 2.75) is 32.5 Å². The van der Waals surface area contributed by atoms with Crippen molar-refractivity contribution >= 4 is 17.3 Å². The Kier molecular flexibility index (Phi) is 6.22. The molecule has 1 heterocycles. The van der Waals surface area contributed by atoms with Crippen LogP contribution in [0.3, 0.4) is 0 Å². The number of ether oxygens (including phenoxy) is 1. The molecule has 0 aliphatic carbocycles.